The molecule has 0 spiro atoms. The normalized spacial score (nSPS) is 21.3. The third-order valence-electron chi connectivity index (χ3n) is 7.93. The number of oxazole rings is 1. The van der Waals surface area contributed by atoms with Crippen LogP contribution in [0.4, 0.5) is 11.4 Å². The molecule has 1 aromatic heterocycles. The SMILES string of the molecule is CCC(/C=C1\Oc2ccc(NC3CC3(C(C)=O)C(=O)[O-])cc2N1C)=C\c1oc2ccc3ccccc3c2[n+]1C. The second-order valence-electron chi connectivity index (χ2n) is 10.2. The van der Waals surface area contributed by atoms with E-state index in [9.17, 15) is 14.7 Å². The topological polar surface area (TPSA) is 98.7 Å². The van der Waals surface area contributed by atoms with Gasteiger partial charge in [0.2, 0.25) is 11.5 Å². The molecule has 0 radical (unpaired) electrons. The number of anilines is 2. The van der Waals surface area contributed by atoms with Crippen LogP contribution in [0.1, 0.15) is 32.6 Å². The van der Waals surface area contributed by atoms with Gasteiger partial charge in [0.25, 0.3) is 5.52 Å². The van der Waals surface area contributed by atoms with E-state index >= 15 is 0 Å². The zero-order chi connectivity index (χ0) is 27.5. The second-order valence-corrected chi connectivity index (χ2v) is 10.2. The summed E-state index contributed by atoms with van der Waals surface area (Å²) in [5.41, 5.74) is 3.01. The van der Waals surface area contributed by atoms with Crippen LogP contribution < -0.4 is 24.6 Å². The summed E-state index contributed by atoms with van der Waals surface area (Å²) in [6.07, 6.45) is 5.01. The molecule has 4 aromatic rings. The number of aryl methyl sites for hydroxylation is 1. The lowest BCUT2D eigenvalue weighted by atomic mass is 10.0. The van der Waals surface area contributed by atoms with Crippen molar-refractivity contribution in [3.63, 3.8) is 0 Å². The highest BCUT2D eigenvalue weighted by molar-refractivity contribution is 6.06. The Bertz CT molecular complexity index is 1720. The summed E-state index contributed by atoms with van der Waals surface area (Å²) in [7, 11) is 3.92. The number of ketones is 1. The standard InChI is InChI=1S/C31H29N3O5/c1-5-19(15-28-34(4)29-22-9-7-6-8-20(22)10-12-25(29)39-28)14-27-33(3)23-16-21(11-13-24(23)38-27)32-26-17-31(26,18(2)35)30(36)37/h6-16,26,32H,5,17H2,1-4H3. The van der Waals surface area contributed by atoms with Crippen molar-refractivity contribution in [2.24, 2.45) is 12.5 Å². The van der Waals surface area contributed by atoms with Gasteiger partial charge in [0.15, 0.2) is 5.75 Å². The van der Waals surface area contributed by atoms with Crippen LogP contribution in [0, 0.1) is 5.41 Å². The van der Waals surface area contributed by atoms with E-state index in [1.807, 2.05) is 67.5 Å². The predicted octanol–water partition coefficient (Wildman–Crippen LogP) is 4.08. The summed E-state index contributed by atoms with van der Waals surface area (Å²) in [5.74, 6) is 0.379. The van der Waals surface area contributed by atoms with Gasteiger partial charge >= 0.3 is 5.89 Å². The van der Waals surface area contributed by atoms with E-state index in [2.05, 4.69) is 35.0 Å². The van der Waals surface area contributed by atoms with Gasteiger partial charge in [-0.1, -0.05) is 31.2 Å². The monoisotopic (exact) mass is 523 g/mol. The fourth-order valence-corrected chi connectivity index (χ4v) is 5.42. The molecule has 1 saturated carbocycles. The number of fused-ring (bicyclic) bond motifs is 4. The van der Waals surface area contributed by atoms with Gasteiger partial charge in [-0.05, 0) is 61.1 Å². The number of ether oxygens (including phenoxy) is 1. The average molecular weight is 524 g/mol. The van der Waals surface area contributed by atoms with Gasteiger partial charge in [0.05, 0.1) is 28.5 Å². The molecule has 2 aliphatic rings. The van der Waals surface area contributed by atoms with Crippen molar-refractivity contribution in [3.8, 4) is 5.75 Å². The Morgan fingerprint density at radius 1 is 1.21 bits per heavy atom. The van der Waals surface area contributed by atoms with Gasteiger partial charge < -0.3 is 29.3 Å². The lowest BCUT2D eigenvalue weighted by molar-refractivity contribution is -0.651. The van der Waals surface area contributed by atoms with E-state index in [0.717, 1.165) is 45.4 Å². The first-order valence-corrected chi connectivity index (χ1v) is 13.0. The highest BCUT2D eigenvalue weighted by Gasteiger charge is 2.59. The third-order valence-corrected chi connectivity index (χ3v) is 7.93. The molecule has 2 atom stereocenters. The molecule has 8 nitrogen and oxygen atoms in total. The minimum atomic E-state index is -1.45. The zero-order valence-electron chi connectivity index (χ0n) is 22.3. The Kier molecular flexibility index (Phi) is 5.71. The summed E-state index contributed by atoms with van der Waals surface area (Å²) in [6.45, 7) is 3.38. The summed E-state index contributed by atoms with van der Waals surface area (Å²) in [5, 5.41) is 17.1. The fraction of sp³-hybridized carbons (Fsp3) is 0.258. The van der Waals surface area contributed by atoms with Crippen LogP contribution in [0.3, 0.4) is 0 Å². The first-order valence-electron chi connectivity index (χ1n) is 13.0. The van der Waals surface area contributed by atoms with Crippen LogP contribution in [-0.2, 0) is 16.6 Å². The molecule has 1 fully saturated rings. The second kappa shape index (κ2) is 9.01. The van der Waals surface area contributed by atoms with Crippen molar-refractivity contribution in [2.45, 2.75) is 32.7 Å². The van der Waals surface area contributed by atoms with Crippen LogP contribution in [0.15, 0.2) is 76.5 Å². The van der Waals surface area contributed by atoms with Crippen molar-refractivity contribution in [2.75, 3.05) is 17.3 Å². The fourth-order valence-electron chi connectivity index (χ4n) is 5.42. The Morgan fingerprint density at radius 3 is 2.72 bits per heavy atom. The summed E-state index contributed by atoms with van der Waals surface area (Å²) < 4.78 is 14.5. The van der Waals surface area contributed by atoms with E-state index in [4.69, 9.17) is 9.15 Å². The summed E-state index contributed by atoms with van der Waals surface area (Å²) in [4.78, 5) is 25.5. The maximum Gasteiger partial charge on any atom is 0.374 e. The zero-order valence-corrected chi connectivity index (χ0v) is 22.3. The number of aromatic nitrogens is 1. The molecule has 39 heavy (non-hydrogen) atoms. The molecule has 1 N–H and O–H groups in total. The number of rotatable bonds is 7. The van der Waals surface area contributed by atoms with Crippen molar-refractivity contribution in [1.82, 2.24) is 0 Å². The highest BCUT2D eigenvalue weighted by atomic mass is 16.5. The molecule has 1 aliphatic carbocycles. The molecule has 3 aromatic carbocycles. The molecule has 8 heteroatoms. The van der Waals surface area contributed by atoms with E-state index in [1.165, 1.54) is 6.92 Å². The number of allylic oxidation sites excluding steroid dienone is 2. The van der Waals surface area contributed by atoms with E-state index in [1.54, 1.807) is 0 Å². The smallest absolute Gasteiger partial charge is 0.374 e. The van der Waals surface area contributed by atoms with Crippen LogP contribution in [0.2, 0.25) is 0 Å². The maximum atomic E-state index is 11.9. The Balaban J connectivity index is 1.27. The molecule has 2 unspecified atom stereocenters. The molecule has 6 rings (SSSR count). The molecular formula is C31H29N3O5. The lowest BCUT2D eigenvalue weighted by Gasteiger charge is -2.17. The number of carboxylic acid groups (broad SMARTS) is 1. The van der Waals surface area contributed by atoms with Gasteiger partial charge in [0.1, 0.15) is 12.8 Å². The van der Waals surface area contributed by atoms with Gasteiger partial charge in [0, 0.05) is 24.9 Å². The number of aliphatic carboxylic acids is 1. The molecule has 0 saturated heterocycles. The molecule has 2 heterocycles. The van der Waals surface area contributed by atoms with Crippen molar-refractivity contribution in [3.05, 3.63) is 78.0 Å². The predicted molar refractivity (Wildman–Crippen MR) is 147 cm³/mol. The van der Waals surface area contributed by atoms with Crippen LogP contribution in [0.5, 0.6) is 5.75 Å². The number of carboxylic acids is 1. The Labute approximate surface area is 225 Å². The molecule has 198 valence electrons. The Morgan fingerprint density at radius 2 is 2.00 bits per heavy atom. The van der Waals surface area contributed by atoms with E-state index in [-0.39, 0.29) is 6.42 Å². The summed E-state index contributed by atoms with van der Waals surface area (Å²) in [6, 6.07) is 17.4. The first kappa shape index (κ1) is 24.7. The van der Waals surface area contributed by atoms with Gasteiger partial charge in [-0.2, -0.15) is 4.57 Å². The van der Waals surface area contributed by atoms with Crippen molar-refractivity contribution < 1.29 is 28.4 Å². The first-order chi connectivity index (χ1) is 18.7. The number of hydrogen-bond donors (Lipinski definition) is 1. The number of nitrogens with zero attached hydrogens (tertiary/aromatic N) is 2. The number of carbonyl (C=O) groups excluding carboxylic acids is 2. The van der Waals surface area contributed by atoms with Crippen LogP contribution >= 0.6 is 0 Å². The van der Waals surface area contributed by atoms with E-state index < -0.39 is 23.2 Å². The average Bonchev–Trinajstić information content (AvgIpc) is 3.47. The largest absolute Gasteiger partial charge is 0.549 e. The molecular weight excluding hydrogens is 494 g/mol. The van der Waals surface area contributed by atoms with Crippen molar-refractivity contribution >= 4 is 51.1 Å². The summed E-state index contributed by atoms with van der Waals surface area (Å²) >= 11 is 0. The third kappa shape index (κ3) is 3.94. The van der Waals surface area contributed by atoms with Gasteiger partial charge in [-0.15, -0.1) is 0 Å². The number of benzene rings is 3. The number of carbonyl (C=O) groups is 2. The molecule has 1 aliphatic heterocycles. The number of Topliss-reactive ketones (excluding diaryl/α,β-unsaturated/α-hetero) is 1. The van der Waals surface area contributed by atoms with Gasteiger partial charge in [-0.25, -0.2) is 0 Å². The van der Waals surface area contributed by atoms with Gasteiger partial charge in [-0.3, -0.25) is 4.79 Å². The number of nitrogens with one attached hydrogen (secondary N) is 1. The van der Waals surface area contributed by atoms with Crippen molar-refractivity contribution in [1.29, 1.82) is 0 Å². The Hall–Kier alpha value is -4.59. The van der Waals surface area contributed by atoms with Crippen LogP contribution in [0.25, 0.3) is 27.9 Å². The minimum absolute atomic E-state index is 0.221. The maximum absolute atomic E-state index is 11.9. The molecule has 0 amide bonds. The highest BCUT2D eigenvalue weighted by Crippen LogP contribution is 2.49. The minimum Gasteiger partial charge on any atom is -0.549 e. The lowest BCUT2D eigenvalue weighted by Crippen LogP contribution is -2.40. The molecule has 0 bridgehead atoms. The quantitative estimate of drug-likeness (QED) is 0.288. The van der Waals surface area contributed by atoms with E-state index in [0.29, 0.717) is 17.3 Å². The number of hydrogen-bond acceptors (Lipinski definition) is 7. The van der Waals surface area contributed by atoms with Crippen LogP contribution in [-0.4, -0.2) is 24.8 Å².